The second kappa shape index (κ2) is 13.5. The van der Waals surface area contributed by atoms with Gasteiger partial charge in [-0.3, -0.25) is 9.80 Å². The van der Waals surface area contributed by atoms with E-state index in [1.165, 1.54) is 13.1 Å². The van der Waals surface area contributed by atoms with Crippen molar-refractivity contribution < 1.29 is 9.47 Å². The Morgan fingerprint density at radius 3 is 2.39 bits per heavy atom. The lowest BCUT2D eigenvalue weighted by molar-refractivity contribution is -0.0121. The molecule has 0 atom stereocenters. The number of benzene rings is 2. The average molecular weight is 637 g/mol. The van der Waals surface area contributed by atoms with E-state index in [1.54, 1.807) is 0 Å². The highest BCUT2D eigenvalue weighted by Crippen LogP contribution is 2.42. The molecule has 0 spiro atoms. The Bertz CT molecular complexity index is 1480. The molecule has 0 saturated carbocycles. The molecule has 6 rings (SSSR count). The molecule has 3 fully saturated rings. The van der Waals surface area contributed by atoms with E-state index >= 15 is 0 Å². The molecule has 1 N–H and O–H groups in total. The molecule has 2 aromatic carbocycles. The third kappa shape index (κ3) is 6.60. The van der Waals surface area contributed by atoms with Crippen LogP contribution in [0.3, 0.4) is 0 Å². The van der Waals surface area contributed by atoms with Crippen LogP contribution in [0.5, 0.6) is 11.5 Å². The van der Waals surface area contributed by atoms with Crippen LogP contribution in [-0.2, 0) is 12.0 Å². The van der Waals surface area contributed by atoms with Crippen LogP contribution in [0.1, 0.15) is 30.7 Å². The van der Waals surface area contributed by atoms with E-state index in [4.69, 9.17) is 44.2 Å². The van der Waals surface area contributed by atoms with Crippen LogP contribution in [-0.4, -0.2) is 96.7 Å². The maximum atomic E-state index is 7.62. The van der Waals surface area contributed by atoms with Crippen LogP contribution in [0, 0.1) is 6.57 Å². The number of anilines is 1. The van der Waals surface area contributed by atoms with Gasteiger partial charge in [-0.05, 0) is 41.5 Å². The molecule has 3 aliphatic heterocycles. The Morgan fingerprint density at radius 2 is 1.73 bits per heavy atom. The van der Waals surface area contributed by atoms with E-state index in [0.717, 1.165) is 73.8 Å². The van der Waals surface area contributed by atoms with Crippen LogP contribution in [0.25, 0.3) is 4.85 Å². The molecule has 0 unspecified atom stereocenters. The van der Waals surface area contributed by atoms with Crippen LogP contribution in [0.15, 0.2) is 48.7 Å². The highest BCUT2D eigenvalue weighted by Gasteiger charge is 2.38. The Morgan fingerprint density at radius 1 is 0.977 bits per heavy atom. The van der Waals surface area contributed by atoms with Crippen molar-refractivity contribution in [2.45, 2.75) is 38.0 Å². The molecule has 0 aliphatic carbocycles. The third-order valence-corrected chi connectivity index (χ3v) is 9.57. The first-order chi connectivity index (χ1) is 21.4. The van der Waals surface area contributed by atoms with E-state index in [2.05, 4.69) is 43.7 Å². The number of ether oxygens (including phenoxy) is 2. The maximum Gasteiger partial charge on any atom is 0.229 e. The predicted octanol–water partition coefficient (Wildman–Crippen LogP) is 4.98. The summed E-state index contributed by atoms with van der Waals surface area (Å²) in [6.45, 7) is 21.1. The summed E-state index contributed by atoms with van der Waals surface area (Å²) in [5.41, 5.74) is 2.83. The summed E-state index contributed by atoms with van der Waals surface area (Å²) in [5.74, 6) is 2.23. The topological polar surface area (TPSA) is 70.4 Å². The molecule has 4 heterocycles. The number of rotatable bonds is 11. The van der Waals surface area contributed by atoms with Gasteiger partial charge < -0.3 is 19.7 Å². The van der Waals surface area contributed by atoms with Crippen molar-refractivity contribution in [3.05, 3.63) is 81.9 Å². The number of alkyl halides is 1. The second-order valence-corrected chi connectivity index (χ2v) is 13.0. The number of likely N-dealkylation sites (tertiary alicyclic amines) is 1. The minimum absolute atomic E-state index is 0.291. The standard InChI is InChI=1S/C33H39Cl2N7O2/c1-33(2,24-16-29(35)31(43-15-9-34)30(17-24)36-3)23-4-6-28(7-5-23)44-22-25-8-10-38-32(39-25)41-13-11-40(12-14-41)27-20-42(21-27)26-18-37-19-26/h4-8,10,16-17,26-27,37H,9,11-15,18-22H2,1-2H3. The lowest BCUT2D eigenvalue weighted by Crippen LogP contribution is -2.70. The Kier molecular flexibility index (Phi) is 9.45. The summed E-state index contributed by atoms with van der Waals surface area (Å²) in [6, 6.07) is 15.1. The minimum Gasteiger partial charge on any atom is -0.502 e. The smallest absolute Gasteiger partial charge is 0.229 e. The molecule has 3 aromatic rings. The SMILES string of the molecule is [C-]#[N+]c1cc(C(C)(C)c2ccc(OCc3ccnc(N4CCN(C5CN(C6CNC6)C5)CC4)n3)cc2)cc(Cl)c1OCCCl. The molecule has 9 nitrogen and oxygen atoms in total. The van der Waals surface area contributed by atoms with Crippen molar-refractivity contribution >= 4 is 34.8 Å². The van der Waals surface area contributed by atoms with Gasteiger partial charge in [-0.25, -0.2) is 14.8 Å². The van der Waals surface area contributed by atoms with Crippen molar-refractivity contribution in [3.8, 4) is 11.5 Å². The number of hydrogen-bond donors (Lipinski definition) is 1. The first-order valence-corrected chi connectivity index (χ1v) is 16.2. The van der Waals surface area contributed by atoms with Gasteiger partial charge in [0.1, 0.15) is 18.1 Å². The van der Waals surface area contributed by atoms with Gasteiger partial charge in [-0.15, -0.1) is 11.6 Å². The molecule has 3 aliphatic rings. The summed E-state index contributed by atoms with van der Waals surface area (Å²) in [6.07, 6.45) is 1.82. The Hall–Kier alpha value is -3.13. The van der Waals surface area contributed by atoms with E-state index < -0.39 is 5.41 Å². The number of nitrogens with one attached hydrogen (secondary N) is 1. The van der Waals surface area contributed by atoms with Crippen LogP contribution in [0.2, 0.25) is 5.02 Å². The lowest BCUT2D eigenvalue weighted by atomic mass is 9.78. The second-order valence-electron chi connectivity index (χ2n) is 12.2. The van der Waals surface area contributed by atoms with Crippen molar-refractivity contribution in [2.24, 2.45) is 0 Å². The number of piperazine rings is 1. The zero-order chi connectivity index (χ0) is 30.7. The van der Waals surface area contributed by atoms with Gasteiger partial charge in [0.05, 0.1) is 29.8 Å². The number of hydrogen-bond acceptors (Lipinski definition) is 8. The Balaban J connectivity index is 1.03. The van der Waals surface area contributed by atoms with Crippen molar-refractivity contribution in [3.63, 3.8) is 0 Å². The van der Waals surface area contributed by atoms with Crippen LogP contribution >= 0.6 is 23.2 Å². The monoisotopic (exact) mass is 635 g/mol. The molecule has 1 aromatic heterocycles. The quantitative estimate of drug-likeness (QED) is 0.234. The molecule has 11 heteroatoms. The van der Waals surface area contributed by atoms with Gasteiger partial charge in [-0.2, -0.15) is 0 Å². The molecule has 44 heavy (non-hydrogen) atoms. The summed E-state index contributed by atoms with van der Waals surface area (Å²) < 4.78 is 11.7. The summed E-state index contributed by atoms with van der Waals surface area (Å²) in [7, 11) is 0. The zero-order valence-corrected chi connectivity index (χ0v) is 26.8. The van der Waals surface area contributed by atoms with Gasteiger partial charge in [0.2, 0.25) is 11.6 Å². The van der Waals surface area contributed by atoms with Crippen molar-refractivity contribution in [2.75, 3.05) is 69.7 Å². The number of halogens is 2. The van der Waals surface area contributed by atoms with E-state index in [-0.39, 0.29) is 0 Å². The summed E-state index contributed by atoms with van der Waals surface area (Å²) in [4.78, 5) is 20.5. The molecular formula is C33H39Cl2N7O2. The number of aromatic nitrogens is 2. The van der Waals surface area contributed by atoms with E-state index in [0.29, 0.717) is 41.6 Å². The zero-order valence-electron chi connectivity index (χ0n) is 25.3. The summed E-state index contributed by atoms with van der Waals surface area (Å²) >= 11 is 12.3. The van der Waals surface area contributed by atoms with Gasteiger partial charge in [0.15, 0.2) is 0 Å². The normalized spacial score (nSPS) is 18.4. The van der Waals surface area contributed by atoms with Crippen molar-refractivity contribution in [1.82, 2.24) is 25.1 Å². The first-order valence-electron chi connectivity index (χ1n) is 15.2. The fraction of sp³-hybridized carbons (Fsp3) is 0.485. The largest absolute Gasteiger partial charge is 0.502 e. The van der Waals surface area contributed by atoms with Gasteiger partial charge >= 0.3 is 0 Å². The predicted molar refractivity (Wildman–Crippen MR) is 175 cm³/mol. The third-order valence-electron chi connectivity index (χ3n) is 9.13. The van der Waals surface area contributed by atoms with Crippen molar-refractivity contribution in [1.29, 1.82) is 0 Å². The van der Waals surface area contributed by atoms with Crippen LogP contribution in [0.4, 0.5) is 11.6 Å². The van der Waals surface area contributed by atoms with E-state index in [9.17, 15) is 0 Å². The average Bonchev–Trinajstić information content (AvgIpc) is 3.00. The minimum atomic E-state index is -0.399. The first kappa shape index (κ1) is 30.9. The fourth-order valence-corrected chi connectivity index (χ4v) is 6.40. The highest BCUT2D eigenvalue weighted by atomic mass is 35.5. The molecule has 0 radical (unpaired) electrons. The molecule has 0 amide bonds. The Labute approximate surface area is 269 Å². The van der Waals surface area contributed by atoms with E-state index in [1.807, 2.05) is 48.7 Å². The molecule has 0 bridgehead atoms. The highest BCUT2D eigenvalue weighted by molar-refractivity contribution is 6.32. The molecule has 3 saturated heterocycles. The van der Waals surface area contributed by atoms with Crippen LogP contribution < -0.4 is 19.7 Å². The summed E-state index contributed by atoms with van der Waals surface area (Å²) in [5, 5.41) is 3.78. The lowest BCUT2D eigenvalue weighted by Gasteiger charge is -2.52. The molecule has 232 valence electrons. The number of nitrogens with zero attached hydrogens (tertiary/aromatic N) is 6. The van der Waals surface area contributed by atoms with Gasteiger partial charge in [-0.1, -0.05) is 37.6 Å². The van der Waals surface area contributed by atoms with Gasteiger partial charge in [0.25, 0.3) is 0 Å². The fourth-order valence-electron chi connectivity index (χ4n) is 6.05. The van der Waals surface area contributed by atoms with Gasteiger partial charge in [0, 0.05) is 76.1 Å². The maximum absolute atomic E-state index is 7.62. The molecular weight excluding hydrogens is 597 g/mol.